The number of carbonyl (C=O) groups is 1. The van der Waals surface area contributed by atoms with Gasteiger partial charge < -0.3 is 5.32 Å². The molecule has 5 heteroatoms. The highest BCUT2D eigenvalue weighted by atomic mass is 16.6. The Hall–Kier alpha value is -1.07. The van der Waals surface area contributed by atoms with Crippen molar-refractivity contribution in [3.05, 3.63) is 12.2 Å². The Kier molecular flexibility index (Phi) is 5.28. The standard InChI is InChI=1S/C11H21N3O2/c1-9(2)8-14-6-4-10(5-7-14)12-11(15)13-16-3/h10H,1,4-8H2,2-3H3,(H2,12,13,15). The Morgan fingerprint density at radius 2 is 2.12 bits per heavy atom. The SMILES string of the molecule is C=C(C)CN1CCC(NC(=O)NOC)CC1. The van der Waals surface area contributed by atoms with Gasteiger partial charge in [-0.15, -0.1) is 0 Å². The first-order valence-corrected chi connectivity index (χ1v) is 5.58. The third-order valence-corrected chi connectivity index (χ3v) is 2.61. The molecule has 92 valence electrons. The van der Waals surface area contributed by atoms with Gasteiger partial charge in [0, 0.05) is 25.7 Å². The highest BCUT2D eigenvalue weighted by Crippen LogP contribution is 2.11. The minimum atomic E-state index is -0.263. The van der Waals surface area contributed by atoms with E-state index in [-0.39, 0.29) is 12.1 Å². The van der Waals surface area contributed by atoms with Gasteiger partial charge in [-0.05, 0) is 19.8 Å². The highest BCUT2D eigenvalue weighted by Gasteiger charge is 2.20. The molecule has 1 heterocycles. The van der Waals surface area contributed by atoms with Gasteiger partial charge in [-0.1, -0.05) is 12.2 Å². The second-order valence-corrected chi connectivity index (χ2v) is 4.29. The lowest BCUT2D eigenvalue weighted by Crippen LogP contribution is -2.47. The third-order valence-electron chi connectivity index (χ3n) is 2.61. The summed E-state index contributed by atoms with van der Waals surface area (Å²) >= 11 is 0. The van der Waals surface area contributed by atoms with E-state index in [1.54, 1.807) is 0 Å². The second-order valence-electron chi connectivity index (χ2n) is 4.29. The number of likely N-dealkylation sites (tertiary alicyclic amines) is 1. The molecule has 1 aliphatic rings. The zero-order valence-corrected chi connectivity index (χ0v) is 10.1. The molecule has 1 fully saturated rings. The highest BCUT2D eigenvalue weighted by molar-refractivity contribution is 5.72. The Morgan fingerprint density at radius 3 is 2.62 bits per heavy atom. The maximum Gasteiger partial charge on any atom is 0.338 e. The zero-order chi connectivity index (χ0) is 12.0. The van der Waals surface area contributed by atoms with Crippen molar-refractivity contribution in [2.45, 2.75) is 25.8 Å². The van der Waals surface area contributed by atoms with E-state index in [1.165, 1.54) is 12.7 Å². The molecule has 2 N–H and O–H groups in total. The molecule has 0 saturated carbocycles. The van der Waals surface area contributed by atoms with Gasteiger partial charge >= 0.3 is 6.03 Å². The molecular formula is C11H21N3O2. The Balaban J connectivity index is 2.21. The summed E-state index contributed by atoms with van der Waals surface area (Å²) in [6.07, 6.45) is 1.95. The molecular weight excluding hydrogens is 206 g/mol. The first kappa shape index (κ1) is 13.0. The van der Waals surface area contributed by atoms with Crippen molar-refractivity contribution in [3.63, 3.8) is 0 Å². The maximum absolute atomic E-state index is 11.2. The normalized spacial score (nSPS) is 18.1. The fourth-order valence-electron chi connectivity index (χ4n) is 1.92. The monoisotopic (exact) mass is 227 g/mol. The molecule has 0 aliphatic carbocycles. The lowest BCUT2D eigenvalue weighted by Gasteiger charge is -2.32. The van der Waals surface area contributed by atoms with Crippen LogP contribution in [0, 0.1) is 0 Å². The summed E-state index contributed by atoms with van der Waals surface area (Å²) in [6, 6.07) is -0.0163. The molecule has 0 aromatic heterocycles. The van der Waals surface area contributed by atoms with Crippen LogP contribution in [-0.4, -0.2) is 43.7 Å². The van der Waals surface area contributed by atoms with Crippen molar-refractivity contribution in [2.75, 3.05) is 26.7 Å². The molecule has 1 rings (SSSR count). The van der Waals surface area contributed by atoms with Crippen molar-refractivity contribution in [3.8, 4) is 0 Å². The molecule has 0 aromatic carbocycles. The number of nitrogens with zero attached hydrogens (tertiary/aromatic N) is 1. The first-order chi connectivity index (χ1) is 7.61. The molecule has 5 nitrogen and oxygen atoms in total. The third kappa shape index (κ3) is 4.63. The lowest BCUT2D eigenvalue weighted by atomic mass is 10.0. The molecule has 1 aliphatic heterocycles. The summed E-state index contributed by atoms with van der Waals surface area (Å²) in [5.74, 6) is 0. The molecule has 0 bridgehead atoms. The van der Waals surface area contributed by atoms with Crippen molar-refractivity contribution < 1.29 is 9.63 Å². The maximum atomic E-state index is 11.2. The van der Waals surface area contributed by atoms with Crippen LogP contribution in [0.2, 0.25) is 0 Å². The van der Waals surface area contributed by atoms with E-state index in [2.05, 4.69) is 27.1 Å². The van der Waals surface area contributed by atoms with E-state index in [1.807, 2.05) is 6.92 Å². The minimum Gasteiger partial charge on any atom is -0.334 e. The topological polar surface area (TPSA) is 53.6 Å². The van der Waals surface area contributed by atoms with Gasteiger partial charge in [-0.2, -0.15) is 0 Å². The summed E-state index contributed by atoms with van der Waals surface area (Å²) in [7, 11) is 1.43. The second kappa shape index (κ2) is 6.50. The fraction of sp³-hybridized carbons (Fsp3) is 0.727. The molecule has 0 radical (unpaired) electrons. The minimum absolute atomic E-state index is 0.247. The van der Waals surface area contributed by atoms with Gasteiger partial charge in [0.1, 0.15) is 0 Å². The van der Waals surface area contributed by atoms with Crippen LogP contribution in [0.4, 0.5) is 4.79 Å². The molecule has 0 unspecified atom stereocenters. The van der Waals surface area contributed by atoms with Gasteiger partial charge in [0.25, 0.3) is 0 Å². The molecule has 0 spiro atoms. The van der Waals surface area contributed by atoms with Gasteiger partial charge in [0.15, 0.2) is 0 Å². The molecule has 16 heavy (non-hydrogen) atoms. The van der Waals surface area contributed by atoms with Crippen LogP contribution in [0.5, 0.6) is 0 Å². The van der Waals surface area contributed by atoms with Crippen molar-refractivity contribution in [1.29, 1.82) is 0 Å². The average Bonchev–Trinajstić information content (AvgIpc) is 2.20. The van der Waals surface area contributed by atoms with Crippen LogP contribution in [0.15, 0.2) is 12.2 Å². The molecule has 0 atom stereocenters. The number of hydroxylamine groups is 1. The average molecular weight is 227 g/mol. The summed E-state index contributed by atoms with van der Waals surface area (Å²) in [6.45, 7) is 8.91. The van der Waals surface area contributed by atoms with Gasteiger partial charge in [0.2, 0.25) is 0 Å². The summed E-state index contributed by atoms with van der Waals surface area (Å²) in [5.41, 5.74) is 3.44. The van der Waals surface area contributed by atoms with Gasteiger partial charge in [-0.3, -0.25) is 9.74 Å². The van der Waals surface area contributed by atoms with Crippen LogP contribution in [0.3, 0.4) is 0 Å². The van der Waals surface area contributed by atoms with Gasteiger partial charge in [-0.25, -0.2) is 10.3 Å². The molecule has 0 aromatic rings. The first-order valence-electron chi connectivity index (χ1n) is 5.58. The number of amides is 2. The fourth-order valence-corrected chi connectivity index (χ4v) is 1.92. The van der Waals surface area contributed by atoms with E-state index in [4.69, 9.17) is 0 Å². The Labute approximate surface area is 96.8 Å². The van der Waals surface area contributed by atoms with Crippen LogP contribution in [-0.2, 0) is 4.84 Å². The summed E-state index contributed by atoms with van der Waals surface area (Å²) in [4.78, 5) is 18.1. The summed E-state index contributed by atoms with van der Waals surface area (Å²) < 4.78 is 0. The Bertz CT molecular complexity index is 248. The van der Waals surface area contributed by atoms with E-state index in [9.17, 15) is 4.79 Å². The van der Waals surface area contributed by atoms with Gasteiger partial charge in [0.05, 0.1) is 7.11 Å². The van der Waals surface area contributed by atoms with Crippen LogP contribution in [0.1, 0.15) is 19.8 Å². The Morgan fingerprint density at radius 1 is 1.50 bits per heavy atom. The van der Waals surface area contributed by atoms with Crippen molar-refractivity contribution in [2.24, 2.45) is 0 Å². The predicted octanol–water partition coefficient (Wildman–Crippen LogP) is 0.888. The van der Waals surface area contributed by atoms with Crippen LogP contribution < -0.4 is 10.8 Å². The molecule has 1 saturated heterocycles. The quantitative estimate of drug-likeness (QED) is 0.554. The lowest BCUT2D eigenvalue weighted by molar-refractivity contribution is 0.103. The number of hydrogen-bond acceptors (Lipinski definition) is 3. The van der Waals surface area contributed by atoms with E-state index < -0.39 is 0 Å². The van der Waals surface area contributed by atoms with E-state index in [0.717, 1.165) is 32.5 Å². The number of rotatable bonds is 4. The van der Waals surface area contributed by atoms with Crippen LogP contribution in [0.25, 0.3) is 0 Å². The number of piperidine rings is 1. The van der Waals surface area contributed by atoms with E-state index in [0.29, 0.717) is 0 Å². The number of hydrogen-bond donors (Lipinski definition) is 2. The number of carbonyl (C=O) groups excluding carboxylic acids is 1. The smallest absolute Gasteiger partial charge is 0.334 e. The largest absolute Gasteiger partial charge is 0.338 e. The number of urea groups is 1. The van der Waals surface area contributed by atoms with Crippen molar-refractivity contribution in [1.82, 2.24) is 15.7 Å². The van der Waals surface area contributed by atoms with Crippen LogP contribution >= 0.6 is 0 Å². The molecule has 2 amide bonds. The van der Waals surface area contributed by atoms with E-state index >= 15 is 0 Å². The van der Waals surface area contributed by atoms with Crippen molar-refractivity contribution >= 4 is 6.03 Å². The number of nitrogens with one attached hydrogen (secondary N) is 2. The predicted molar refractivity (Wildman–Crippen MR) is 63.0 cm³/mol. The zero-order valence-electron chi connectivity index (χ0n) is 10.1. The summed E-state index contributed by atoms with van der Waals surface area (Å²) in [5, 5.41) is 2.87.